The van der Waals surface area contributed by atoms with Crippen molar-refractivity contribution in [1.29, 1.82) is 0 Å². The topological polar surface area (TPSA) is 55.8 Å². The molecule has 0 bridgehead atoms. The SMILES string of the molecule is COc1ccccc1OC(C(=O)O)[Si](C)(C)C. The third-order valence-corrected chi connectivity index (χ3v) is 4.26. The summed E-state index contributed by atoms with van der Waals surface area (Å²) in [5.41, 5.74) is -0.779. The molecule has 0 aliphatic rings. The first-order chi connectivity index (χ1) is 7.86. The van der Waals surface area contributed by atoms with Gasteiger partial charge in [-0.2, -0.15) is 0 Å². The summed E-state index contributed by atoms with van der Waals surface area (Å²) in [5.74, 6) is 0.108. The summed E-state index contributed by atoms with van der Waals surface area (Å²) in [6.07, 6.45) is 0. The molecule has 0 amide bonds. The number of ether oxygens (including phenoxy) is 2. The first kappa shape index (κ1) is 13.6. The van der Waals surface area contributed by atoms with Gasteiger partial charge in [0.1, 0.15) is 8.07 Å². The molecule has 0 radical (unpaired) electrons. The van der Waals surface area contributed by atoms with E-state index in [1.54, 1.807) is 18.2 Å². The van der Waals surface area contributed by atoms with E-state index >= 15 is 0 Å². The normalized spacial score (nSPS) is 12.9. The highest BCUT2D eigenvalue weighted by molar-refractivity contribution is 6.80. The third kappa shape index (κ3) is 3.49. The van der Waals surface area contributed by atoms with Crippen LogP contribution in [0.1, 0.15) is 0 Å². The van der Waals surface area contributed by atoms with Crippen molar-refractivity contribution in [2.24, 2.45) is 0 Å². The number of carboxylic acid groups (broad SMARTS) is 1. The van der Waals surface area contributed by atoms with Crippen molar-refractivity contribution in [3.63, 3.8) is 0 Å². The molecule has 0 aromatic heterocycles. The second-order valence-corrected chi connectivity index (χ2v) is 10.1. The van der Waals surface area contributed by atoms with Crippen molar-refractivity contribution in [3.8, 4) is 11.5 Å². The fourth-order valence-electron chi connectivity index (χ4n) is 1.44. The number of para-hydroxylation sites is 2. The molecule has 0 saturated heterocycles. The molecule has 0 heterocycles. The number of hydrogen-bond acceptors (Lipinski definition) is 3. The number of carboxylic acids is 1. The van der Waals surface area contributed by atoms with Crippen molar-refractivity contribution in [2.45, 2.75) is 25.4 Å². The van der Waals surface area contributed by atoms with Gasteiger partial charge in [-0.1, -0.05) is 31.8 Å². The first-order valence-corrected chi connectivity index (χ1v) is 8.96. The molecule has 5 heteroatoms. The summed E-state index contributed by atoms with van der Waals surface area (Å²) in [6, 6.07) is 7.07. The van der Waals surface area contributed by atoms with Crippen LogP contribution in [-0.2, 0) is 4.79 Å². The Morgan fingerprint density at radius 2 is 1.76 bits per heavy atom. The summed E-state index contributed by atoms with van der Waals surface area (Å²) in [5, 5.41) is 9.20. The molecule has 0 fully saturated rings. The average Bonchev–Trinajstić information content (AvgIpc) is 2.24. The van der Waals surface area contributed by atoms with Crippen molar-refractivity contribution in [2.75, 3.05) is 7.11 Å². The highest BCUT2D eigenvalue weighted by Crippen LogP contribution is 2.28. The minimum atomic E-state index is -1.95. The number of benzene rings is 1. The maximum atomic E-state index is 11.2. The van der Waals surface area contributed by atoms with E-state index in [0.29, 0.717) is 11.5 Å². The Bertz CT molecular complexity index is 398. The second kappa shape index (κ2) is 5.22. The predicted molar refractivity (Wildman–Crippen MR) is 68.4 cm³/mol. The van der Waals surface area contributed by atoms with Gasteiger partial charge in [-0.05, 0) is 12.1 Å². The highest BCUT2D eigenvalue weighted by Gasteiger charge is 2.35. The Balaban J connectivity index is 2.98. The van der Waals surface area contributed by atoms with Gasteiger partial charge in [-0.15, -0.1) is 0 Å². The molecular formula is C12H18O4Si. The summed E-state index contributed by atoms with van der Waals surface area (Å²) in [7, 11) is -0.411. The van der Waals surface area contributed by atoms with Gasteiger partial charge in [-0.25, -0.2) is 4.79 Å². The largest absolute Gasteiger partial charge is 0.493 e. The zero-order valence-electron chi connectivity index (χ0n) is 10.6. The van der Waals surface area contributed by atoms with E-state index in [2.05, 4.69) is 0 Å². The smallest absolute Gasteiger partial charge is 0.340 e. The second-order valence-electron chi connectivity index (χ2n) is 4.85. The van der Waals surface area contributed by atoms with E-state index in [4.69, 9.17) is 9.47 Å². The number of aliphatic carboxylic acids is 1. The van der Waals surface area contributed by atoms with Gasteiger partial charge in [0.2, 0.25) is 0 Å². The Labute approximate surface area is 102 Å². The van der Waals surface area contributed by atoms with Crippen LogP contribution in [0.3, 0.4) is 0 Å². The lowest BCUT2D eigenvalue weighted by atomic mass is 10.3. The maximum Gasteiger partial charge on any atom is 0.340 e. The molecule has 17 heavy (non-hydrogen) atoms. The molecule has 94 valence electrons. The zero-order chi connectivity index (χ0) is 13.1. The molecule has 1 N–H and O–H groups in total. The standard InChI is InChI=1S/C12H18O4Si/c1-15-9-7-5-6-8-10(9)16-12(11(13)14)17(2,3)4/h5-8,12H,1-4H3,(H,13,14). The molecule has 0 aliphatic carbocycles. The molecule has 1 aromatic rings. The lowest BCUT2D eigenvalue weighted by Gasteiger charge is -2.26. The highest BCUT2D eigenvalue weighted by atomic mass is 28.3. The molecule has 1 aromatic carbocycles. The van der Waals surface area contributed by atoms with E-state index in [1.165, 1.54) is 7.11 Å². The molecule has 0 saturated carbocycles. The van der Waals surface area contributed by atoms with E-state index in [0.717, 1.165) is 0 Å². The lowest BCUT2D eigenvalue weighted by Crippen LogP contribution is -2.48. The quantitative estimate of drug-likeness (QED) is 0.820. The van der Waals surface area contributed by atoms with Crippen LogP contribution < -0.4 is 9.47 Å². The number of hydrogen-bond donors (Lipinski definition) is 1. The lowest BCUT2D eigenvalue weighted by molar-refractivity contribution is -0.141. The van der Waals surface area contributed by atoms with Crippen LogP contribution in [0.4, 0.5) is 0 Å². The van der Waals surface area contributed by atoms with Crippen LogP contribution >= 0.6 is 0 Å². The number of methoxy groups -OCH3 is 1. The van der Waals surface area contributed by atoms with Crippen molar-refractivity contribution in [3.05, 3.63) is 24.3 Å². The number of rotatable bonds is 5. The zero-order valence-corrected chi connectivity index (χ0v) is 11.6. The molecule has 1 unspecified atom stereocenters. The monoisotopic (exact) mass is 254 g/mol. The molecule has 1 rings (SSSR count). The van der Waals surface area contributed by atoms with Gasteiger partial charge in [0.05, 0.1) is 7.11 Å². The number of carbonyl (C=O) groups is 1. The van der Waals surface area contributed by atoms with Crippen LogP contribution in [0.5, 0.6) is 11.5 Å². The Hall–Kier alpha value is -1.49. The van der Waals surface area contributed by atoms with Gasteiger partial charge in [0.25, 0.3) is 0 Å². The maximum absolute atomic E-state index is 11.2. The van der Waals surface area contributed by atoms with Crippen molar-refractivity contribution < 1.29 is 19.4 Å². The van der Waals surface area contributed by atoms with Crippen LogP contribution in [0.15, 0.2) is 24.3 Å². The van der Waals surface area contributed by atoms with Crippen LogP contribution in [-0.4, -0.2) is 32.0 Å². The fourth-order valence-corrected chi connectivity index (χ4v) is 2.66. The summed E-state index contributed by atoms with van der Waals surface area (Å²) >= 11 is 0. The van der Waals surface area contributed by atoms with Crippen LogP contribution in [0.2, 0.25) is 19.6 Å². The van der Waals surface area contributed by atoms with Gasteiger partial charge >= 0.3 is 5.97 Å². The minimum absolute atomic E-state index is 0.477. The molecule has 4 nitrogen and oxygen atoms in total. The Morgan fingerprint density at radius 1 is 1.24 bits per heavy atom. The summed E-state index contributed by atoms with van der Waals surface area (Å²) < 4.78 is 10.7. The molecular weight excluding hydrogens is 236 g/mol. The third-order valence-electron chi connectivity index (χ3n) is 2.32. The molecule has 0 aliphatic heterocycles. The van der Waals surface area contributed by atoms with E-state index < -0.39 is 19.8 Å². The summed E-state index contributed by atoms with van der Waals surface area (Å²) in [4.78, 5) is 11.2. The minimum Gasteiger partial charge on any atom is -0.493 e. The fraction of sp³-hybridized carbons (Fsp3) is 0.417. The summed E-state index contributed by atoms with van der Waals surface area (Å²) in [6.45, 7) is 5.88. The van der Waals surface area contributed by atoms with Gasteiger partial charge in [-0.3, -0.25) is 0 Å². The van der Waals surface area contributed by atoms with Gasteiger partial charge < -0.3 is 14.6 Å². The predicted octanol–water partition coefficient (Wildman–Crippen LogP) is 2.40. The van der Waals surface area contributed by atoms with Crippen LogP contribution in [0.25, 0.3) is 0 Å². The van der Waals surface area contributed by atoms with E-state index in [-0.39, 0.29) is 0 Å². The van der Waals surface area contributed by atoms with E-state index in [1.807, 2.05) is 25.7 Å². The van der Waals surface area contributed by atoms with Gasteiger partial charge in [0.15, 0.2) is 17.2 Å². The average molecular weight is 254 g/mol. The molecule has 0 spiro atoms. The van der Waals surface area contributed by atoms with Crippen molar-refractivity contribution in [1.82, 2.24) is 0 Å². The Morgan fingerprint density at radius 3 is 2.18 bits per heavy atom. The Kier molecular flexibility index (Phi) is 4.17. The van der Waals surface area contributed by atoms with Gasteiger partial charge in [0, 0.05) is 0 Å². The first-order valence-electron chi connectivity index (χ1n) is 5.38. The van der Waals surface area contributed by atoms with Crippen molar-refractivity contribution >= 4 is 14.0 Å². The van der Waals surface area contributed by atoms with Crippen LogP contribution in [0, 0.1) is 0 Å². The molecule has 1 atom stereocenters. The van der Waals surface area contributed by atoms with E-state index in [9.17, 15) is 9.90 Å².